The van der Waals surface area contributed by atoms with E-state index in [0.29, 0.717) is 12.8 Å². The third kappa shape index (κ3) is 5.62. The van der Waals surface area contributed by atoms with Crippen LogP contribution in [0.5, 0.6) is 0 Å². The molecule has 2 atom stereocenters. The van der Waals surface area contributed by atoms with E-state index in [-0.39, 0.29) is 0 Å². The molecule has 0 bridgehead atoms. The maximum absolute atomic E-state index is 11.3. The van der Waals surface area contributed by atoms with Gasteiger partial charge in [-0.05, 0) is 26.7 Å². The Hall–Kier alpha value is -0.0600. The number of rotatable bonds is 6. The van der Waals surface area contributed by atoms with Crippen molar-refractivity contribution >= 4 is 8.25 Å². The molecule has 5 nitrogen and oxygen atoms in total. The van der Waals surface area contributed by atoms with Crippen LogP contribution in [0, 0.1) is 0 Å². The van der Waals surface area contributed by atoms with Gasteiger partial charge in [-0.2, -0.15) is 0 Å². The van der Waals surface area contributed by atoms with Gasteiger partial charge in [0.05, 0.1) is 0 Å². The quantitative estimate of drug-likeness (QED) is 0.530. The fourth-order valence-electron chi connectivity index (χ4n) is 0.488. The van der Waals surface area contributed by atoms with Crippen LogP contribution >= 0.6 is 8.25 Å². The van der Waals surface area contributed by atoms with E-state index < -0.39 is 19.7 Å². The van der Waals surface area contributed by atoms with Crippen LogP contribution in [0.1, 0.15) is 40.5 Å². The molecule has 0 aliphatic rings. The van der Waals surface area contributed by atoms with E-state index in [1.54, 1.807) is 13.8 Å². The molecular formula is C8H20N2O3P+. The summed E-state index contributed by atoms with van der Waals surface area (Å²) in [6, 6.07) is 0. The van der Waals surface area contributed by atoms with Crippen LogP contribution in [-0.4, -0.2) is 11.4 Å². The third-order valence-corrected chi connectivity index (χ3v) is 3.10. The zero-order valence-electron chi connectivity index (χ0n) is 9.24. The van der Waals surface area contributed by atoms with Crippen LogP contribution in [0.15, 0.2) is 0 Å². The van der Waals surface area contributed by atoms with E-state index in [2.05, 4.69) is 0 Å². The first-order valence-electron chi connectivity index (χ1n) is 4.65. The van der Waals surface area contributed by atoms with Crippen LogP contribution in [0.4, 0.5) is 0 Å². The van der Waals surface area contributed by atoms with Crippen molar-refractivity contribution in [3.05, 3.63) is 0 Å². The van der Waals surface area contributed by atoms with E-state index in [1.807, 2.05) is 13.8 Å². The molecule has 0 rings (SSSR count). The highest BCUT2D eigenvalue weighted by Gasteiger charge is 2.38. The standard InChI is InChI=1S/C8H20N2O3P/c1-5-7(3,9)12-14(11)13-8(4,10)6-2/h5-6,9-10H2,1-4H3/q+1. The second kappa shape index (κ2) is 5.14. The normalized spacial score (nSPS) is 21.1. The zero-order valence-corrected chi connectivity index (χ0v) is 10.1. The van der Waals surface area contributed by atoms with Gasteiger partial charge in [0.25, 0.3) is 0 Å². The van der Waals surface area contributed by atoms with Crippen molar-refractivity contribution in [3.63, 3.8) is 0 Å². The van der Waals surface area contributed by atoms with Gasteiger partial charge in [0.2, 0.25) is 0 Å². The highest BCUT2D eigenvalue weighted by Crippen LogP contribution is 2.34. The van der Waals surface area contributed by atoms with Crippen molar-refractivity contribution in [3.8, 4) is 0 Å². The highest BCUT2D eigenvalue weighted by atomic mass is 31.1. The van der Waals surface area contributed by atoms with Crippen molar-refractivity contribution in [1.29, 1.82) is 0 Å². The van der Waals surface area contributed by atoms with Gasteiger partial charge < -0.3 is 0 Å². The van der Waals surface area contributed by atoms with E-state index in [0.717, 1.165) is 0 Å². The van der Waals surface area contributed by atoms with Gasteiger partial charge >= 0.3 is 8.25 Å². The lowest BCUT2D eigenvalue weighted by molar-refractivity contribution is 0.0302. The summed E-state index contributed by atoms with van der Waals surface area (Å²) < 4.78 is 21.4. The maximum Gasteiger partial charge on any atom is 0.701 e. The molecule has 0 heterocycles. The Labute approximate surface area is 86.1 Å². The lowest BCUT2D eigenvalue weighted by atomic mass is 10.2. The Morgan fingerprint density at radius 1 is 1.07 bits per heavy atom. The molecule has 0 aliphatic carbocycles. The summed E-state index contributed by atoms with van der Waals surface area (Å²) in [6.45, 7) is 6.96. The Bertz CT molecular complexity index is 187. The van der Waals surface area contributed by atoms with Crippen LogP contribution in [0.2, 0.25) is 0 Å². The van der Waals surface area contributed by atoms with Crippen molar-refractivity contribution < 1.29 is 13.6 Å². The second-order valence-electron chi connectivity index (χ2n) is 3.74. The molecule has 0 aromatic carbocycles. The second-order valence-corrected chi connectivity index (χ2v) is 4.55. The lowest BCUT2D eigenvalue weighted by Gasteiger charge is -2.17. The van der Waals surface area contributed by atoms with E-state index >= 15 is 0 Å². The average Bonchev–Trinajstić information content (AvgIpc) is 2.02. The Morgan fingerprint density at radius 2 is 1.36 bits per heavy atom. The Kier molecular flexibility index (Phi) is 5.12. The summed E-state index contributed by atoms with van der Waals surface area (Å²) in [5, 5.41) is 0. The number of nitrogens with two attached hydrogens (primary N) is 2. The van der Waals surface area contributed by atoms with Gasteiger partial charge in [0, 0.05) is 4.57 Å². The van der Waals surface area contributed by atoms with Crippen molar-refractivity contribution in [2.24, 2.45) is 11.5 Å². The average molecular weight is 223 g/mol. The minimum absolute atomic E-state index is 0.546. The fraction of sp³-hybridized carbons (Fsp3) is 1.00. The summed E-state index contributed by atoms with van der Waals surface area (Å²) in [6.07, 6.45) is 1.09. The fourth-order valence-corrected chi connectivity index (χ4v) is 1.46. The number of hydrogen-bond donors (Lipinski definition) is 2. The molecule has 0 saturated heterocycles. The van der Waals surface area contributed by atoms with E-state index in [9.17, 15) is 4.57 Å². The predicted octanol–water partition coefficient (Wildman–Crippen LogP) is 1.85. The monoisotopic (exact) mass is 223 g/mol. The summed E-state index contributed by atoms with van der Waals surface area (Å²) >= 11 is 0. The SMILES string of the molecule is CCC(C)(N)O[P+](=O)OC(C)(N)CC. The van der Waals surface area contributed by atoms with Gasteiger partial charge in [-0.25, -0.2) is 0 Å². The van der Waals surface area contributed by atoms with Gasteiger partial charge in [-0.1, -0.05) is 22.9 Å². The van der Waals surface area contributed by atoms with E-state index in [1.165, 1.54) is 0 Å². The van der Waals surface area contributed by atoms with Crippen LogP contribution in [0.3, 0.4) is 0 Å². The third-order valence-electron chi connectivity index (χ3n) is 1.97. The lowest BCUT2D eigenvalue weighted by Crippen LogP contribution is -2.39. The summed E-state index contributed by atoms with van der Waals surface area (Å²) in [5.74, 6) is 0. The molecule has 6 heteroatoms. The molecule has 14 heavy (non-hydrogen) atoms. The minimum Gasteiger partial charge on any atom is -0.300 e. The molecule has 0 amide bonds. The summed E-state index contributed by atoms with van der Waals surface area (Å²) in [4.78, 5) is 0. The van der Waals surface area contributed by atoms with Crippen LogP contribution < -0.4 is 11.5 Å². The number of hydrogen-bond acceptors (Lipinski definition) is 5. The van der Waals surface area contributed by atoms with Crippen LogP contribution in [0.25, 0.3) is 0 Å². The topological polar surface area (TPSA) is 87.6 Å². The zero-order chi connectivity index (χ0) is 11.4. The summed E-state index contributed by atoms with van der Waals surface area (Å²) in [7, 11) is -2.27. The molecule has 4 N–H and O–H groups in total. The highest BCUT2D eigenvalue weighted by molar-refractivity contribution is 7.33. The van der Waals surface area contributed by atoms with Gasteiger partial charge in [-0.15, -0.1) is 0 Å². The van der Waals surface area contributed by atoms with Gasteiger partial charge in [0.15, 0.2) is 11.4 Å². The van der Waals surface area contributed by atoms with Crippen molar-refractivity contribution in [2.45, 2.75) is 52.0 Å². The molecule has 0 saturated carbocycles. The first-order chi connectivity index (χ1) is 6.22. The largest absolute Gasteiger partial charge is 0.701 e. The van der Waals surface area contributed by atoms with Gasteiger partial charge in [-0.3, -0.25) is 11.5 Å². The predicted molar refractivity (Wildman–Crippen MR) is 55.5 cm³/mol. The van der Waals surface area contributed by atoms with Gasteiger partial charge in [0.1, 0.15) is 0 Å². The smallest absolute Gasteiger partial charge is 0.300 e. The first kappa shape index (κ1) is 13.9. The molecule has 0 aromatic heterocycles. The Balaban J connectivity index is 4.12. The molecule has 0 spiro atoms. The molecule has 0 aromatic rings. The molecule has 0 aliphatic heterocycles. The van der Waals surface area contributed by atoms with Crippen molar-refractivity contribution in [1.82, 2.24) is 0 Å². The summed E-state index contributed by atoms with van der Waals surface area (Å²) in [5.41, 5.74) is 9.43. The van der Waals surface area contributed by atoms with Crippen LogP contribution in [-0.2, 0) is 13.6 Å². The molecule has 84 valence electrons. The molecule has 0 radical (unpaired) electrons. The molecule has 2 unspecified atom stereocenters. The maximum atomic E-state index is 11.3. The van der Waals surface area contributed by atoms with Crippen molar-refractivity contribution in [2.75, 3.05) is 0 Å². The van der Waals surface area contributed by atoms with E-state index in [4.69, 9.17) is 20.5 Å². The Morgan fingerprint density at radius 3 is 1.57 bits per heavy atom. The first-order valence-corrected chi connectivity index (χ1v) is 5.75. The molecular weight excluding hydrogens is 203 g/mol. The molecule has 0 fully saturated rings. The minimum atomic E-state index is -2.27.